The Bertz CT molecular complexity index is 1250. The van der Waals surface area contributed by atoms with E-state index in [1.54, 1.807) is 32.0 Å². The Hall–Kier alpha value is -2.71. The van der Waals surface area contributed by atoms with Crippen LogP contribution in [0.3, 0.4) is 0 Å². The summed E-state index contributed by atoms with van der Waals surface area (Å²) in [5.41, 5.74) is 2.13. The molecule has 1 aromatic heterocycles. The summed E-state index contributed by atoms with van der Waals surface area (Å²) in [6.07, 6.45) is 1.06. The molecular weight excluding hydrogens is 423 g/mol. The van der Waals surface area contributed by atoms with Gasteiger partial charge in [0.1, 0.15) is 0 Å². The summed E-state index contributed by atoms with van der Waals surface area (Å²) in [7, 11) is -3.41. The molecule has 1 atom stereocenters. The highest BCUT2D eigenvalue weighted by atomic mass is 31.2. The second-order valence-electron chi connectivity index (χ2n) is 7.90. The first-order chi connectivity index (χ1) is 15.3. The zero-order valence-electron chi connectivity index (χ0n) is 19.0. The molecule has 32 heavy (non-hydrogen) atoms. The highest BCUT2D eigenvalue weighted by molar-refractivity contribution is 7.62. The van der Waals surface area contributed by atoms with Gasteiger partial charge in [-0.15, -0.1) is 0 Å². The summed E-state index contributed by atoms with van der Waals surface area (Å²) in [6.45, 7) is 7.90. The van der Waals surface area contributed by atoms with Crippen LogP contribution in [0, 0.1) is 11.3 Å². The number of aromatic amines is 1. The Morgan fingerprint density at radius 3 is 2.41 bits per heavy atom. The summed E-state index contributed by atoms with van der Waals surface area (Å²) >= 11 is 0. The summed E-state index contributed by atoms with van der Waals surface area (Å²) in [5, 5.41) is 11.5. The van der Waals surface area contributed by atoms with Gasteiger partial charge in [-0.25, -0.2) is 0 Å². The predicted molar refractivity (Wildman–Crippen MR) is 128 cm³/mol. The van der Waals surface area contributed by atoms with Crippen molar-refractivity contribution in [3.8, 4) is 6.07 Å². The number of nitrogens with one attached hydrogen (secondary N) is 1. The minimum absolute atomic E-state index is 0.105. The third-order valence-corrected chi connectivity index (χ3v) is 7.68. The van der Waals surface area contributed by atoms with Gasteiger partial charge in [-0.2, -0.15) is 5.26 Å². The number of nitriles is 1. The Labute approximate surface area is 188 Å². The lowest BCUT2D eigenvalue weighted by molar-refractivity contribution is 0.230. The van der Waals surface area contributed by atoms with E-state index in [1.807, 2.05) is 44.2 Å². The third kappa shape index (κ3) is 4.86. The molecule has 7 heteroatoms. The molecule has 3 aromatic rings. The number of pyridine rings is 1. The minimum Gasteiger partial charge on any atom is -0.322 e. The molecule has 0 saturated carbocycles. The Balaban J connectivity index is 1.99. The highest BCUT2D eigenvalue weighted by Crippen LogP contribution is 2.47. The first-order valence-electron chi connectivity index (χ1n) is 10.8. The van der Waals surface area contributed by atoms with Crippen molar-refractivity contribution in [2.45, 2.75) is 46.0 Å². The molecule has 0 fully saturated rings. The molecule has 1 unspecified atom stereocenters. The van der Waals surface area contributed by atoms with Crippen molar-refractivity contribution in [1.29, 1.82) is 5.26 Å². The number of rotatable bonds is 9. The molecule has 0 amide bonds. The average Bonchev–Trinajstić information content (AvgIpc) is 2.78. The van der Waals surface area contributed by atoms with Crippen LogP contribution in [0.5, 0.6) is 0 Å². The largest absolute Gasteiger partial charge is 0.361 e. The SMILES string of the molecule is CCOP(=O)(OCC)c1cccc(CC(C)(C#N)c2ccc3cc(CC)c(=O)[nH]c3c2)c1. The number of nitrogens with zero attached hydrogens (tertiary/aromatic N) is 1. The van der Waals surface area contributed by atoms with E-state index in [4.69, 9.17) is 9.05 Å². The topological polar surface area (TPSA) is 92.2 Å². The smallest absolute Gasteiger partial charge is 0.322 e. The summed E-state index contributed by atoms with van der Waals surface area (Å²) in [6, 6.07) is 17.3. The fraction of sp³-hybridized carbons (Fsp3) is 0.360. The van der Waals surface area contributed by atoms with Crippen LogP contribution >= 0.6 is 7.60 Å². The number of aromatic nitrogens is 1. The van der Waals surface area contributed by atoms with Gasteiger partial charge in [0, 0.05) is 11.1 Å². The molecule has 3 rings (SSSR count). The van der Waals surface area contributed by atoms with Crippen LogP contribution in [0.4, 0.5) is 0 Å². The van der Waals surface area contributed by atoms with E-state index in [1.165, 1.54) is 0 Å². The first-order valence-corrected chi connectivity index (χ1v) is 12.4. The normalized spacial score (nSPS) is 13.6. The molecule has 0 saturated heterocycles. The second-order valence-corrected chi connectivity index (χ2v) is 9.93. The van der Waals surface area contributed by atoms with Gasteiger partial charge >= 0.3 is 7.60 Å². The molecule has 0 radical (unpaired) electrons. The van der Waals surface area contributed by atoms with Gasteiger partial charge in [-0.05, 0) is 74.4 Å². The fourth-order valence-corrected chi connectivity index (χ4v) is 5.47. The molecule has 1 N–H and O–H groups in total. The van der Waals surface area contributed by atoms with E-state index in [-0.39, 0.29) is 18.8 Å². The van der Waals surface area contributed by atoms with Crippen LogP contribution in [0.1, 0.15) is 44.4 Å². The van der Waals surface area contributed by atoms with E-state index in [0.29, 0.717) is 23.7 Å². The quantitative estimate of drug-likeness (QED) is 0.461. The van der Waals surface area contributed by atoms with Crippen LogP contribution < -0.4 is 10.9 Å². The van der Waals surface area contributed by atoms with Gasteiger partial charge in [0.25, 0.3) is 5.56 Å². The highest BCUT2D eigenvalue weighted by Gasteiger charge is 2.30. The lowest BCUT2D eigenvalue weighted by Crippen LogP contribution is -2.24. The van der Waals surface area contributed by atoms with Gasteiger partial charge in [0.2, 0.25) is 0 Å². The zero-order chi connectivity index (χ0) is 23.4. The van der Waals surface area contributed by atoms with Crippen LogP contribution in [-0.2, 0) is 31.9 Å². The van der Waals surface area contributed by atoms with E-state index >= 15 is 0 Å². The number of H-pyrrole nitrogens is 1. The molecule has 0 bridgehead atoms. The molecule has 0 aliphatic carbocycles. The number of hydrogen-bond acceptors (Lipinski definition) is 5. The molecule has 6 nitrogen and oxygen atoms in total. The standard InChI is InChI=1S/C25H29N2O4P/c1-5-19-14-20-11-12-21(15-23(20)27-24(19)28)25(4,17-26)16-18-9-8-10-22(13-18)32(29,30-6-2)31-7-3/h8-15H,5-7,16H2,1-4H3,(H,27,28). The van der Waals surface area contributed by atoms with Crippen molar-refractivity contribution >= 4 is 23.8 Å². The maximum Gasteiger partial charge on any atom is 0.361 e. The summed E-state index contributed by atoms with van der Waals surface area (Å²) < 4.78 is 24.1. The van der Waals surface area contributed by atoms with Crippen LogP contribution in [0.25, 0.3) is 10.9 Å². The van der Waals surface area contributed by atoms with Gasteiger partial charge in [-0.1, -0.05) is 31.2 Å². The molecule has 0 aliphatic heterocycles. The van der Waals surface area contributed by atoms with Gasteiger partial charge in [0.05, 0.1) is 30.0 Å². The molecular formula is C25H29N2O4P. The Morgan fingerprint density at radius 2 is 1.78 bits per heavy atom. The number of hydrogen-bond donors (Lipinski definition) is 1. The Morgan fingerprint density at radius 1 is 1.06 bits per heavy atom. The van der Waals surface area contributed by atoms with E-state index in [9.17, 15) is 14.6 Å². The van der Waals surface area contributed by atoms with Crippen LogP contribution in [-0.4, -0.2) is 18.2 Å². The number of fused-ring (bicyclic) bond motifs is 1. The van der Waals surface area contributed by atoms with Crippen molar-refractivity contribution in [2.75, 3.05) is 13.2 Å². The fourth-order valence-electron chi connectivity index (χ4n) is 3.83. The Kier molecular flexibility index (Phi) is 7.36. The lowest BCUT2D eigenvalue weighted by atomic mass is 9.78. The summed E-state index contributed by atoms with van der Waals surface area (Å²) in [5.74, 6) is 0. The zero-order valence-corrected chi connectivity index (χ0v) is 19.9. The van der Waals surface area contributed by atoms with Crippen molar-refractivity contribution in [3.05, 3.63) is 75.6 Å². The number of aryl methyl sites for hydroxylation is 1. The van der Waals surface area contributed by atoms with Crippen molar-refractivity contribution in [3.63, 3.8) is 0 Å². The molecule has 2 aromatic carbocycles. The first kappa shape index (κ1) is 23.9. The van der Waals surface area contributed by atoms with Gasteiger partial charge < -0.3 is 14.0 Å². The van der Waals surface area contributed by atoms with Gasteiger partial charge in [-0.3, -0.25) is 9.36 Å². The minimum atomic E-state index is -3.41. The van der Waals surface area contributed by atoms with Crippen molar-refractivity contribution in [2.24, 2.45) is 0 Å². The van der Waals surface area contributed by atoms with Crippen molar-refractivity contribution < 1.29 is 13.6 Å². The van der Waals surface area contributed by atoms with Crippen LogP contribution in [0.2, 0.25) is 0 Å². The van der Waals surface area contributed by atoms with Gasteiger partial charge in [0.15, 0.2) is 0 Å². The molecule has 0 spiro atoms. The summed E-state index contributed by atoms with van der Waals surface area (Å²) in [4.78, 5) is 15.2. The number of benzene rings is 2. The van der Waals surface area contributed by atoms with E-state index in [2.05, 4.69) is 11.1 Å². The lowest BCUT2D eigenvalue weighted by Gasteiger charge is -2.24. The van der Waals surface area contributed by atoms with E-state index in [0.717, 1.165) is 22.1 Å². The maximum atomic E-state index is 13.2. The monoisotopic (exact) mass is 452 g/mol. The molecule has 1 heterocycles. The van der Waals surface area contributed by atoms with Crippen LogP contribution in [0.15, 0.2) is 53.3 Å². The van der Waals surface area contributed by atoms with E-state index < -0.39 is 13.0 Å². The maximum absolute atomic E-state index is 13.2. The average molecular weight is 452 g/mol. The second kappa shape index (κ2) is 9.83. The molecule has 0 aliphatic rings. The predicted octanol–water partition coefficient (Wildman–Crippen LogP) is 5.01. The third-order valence-electron chi connectivity index (χ3n) is 5.57. The molecule has 168 valence electrons. The van der Waals surface area contributed by atoms with Crippen molar-refractivity contribution in [1.82, 2.24) is 4.98 Å².